The van der Waals surface area contributed by atoms with Crippen LogP contribution in [0.15, 0.2) is 23.1 Å². The minimum absolute atomic E-state index is 0.0115. The SMILES string of the molecule is CS(=O)(=O)c1cc(C(=O)NC2CC2)ccc1Cl. The van der Waals surface area contributed by atoms with E-state index in [9.17, 15) is 13.2 Å². The summed E-state index contributed by atoms with van der Waals surface area (Å²) in [5.41, 5.74) is 0.321. The Balaban J connectivity index is 2.33. The lowest BCUT2D eigenvalue weighted by Crippen LogP contribution is -2.25. The molecule has 1 aliphatic rings. The smallest absolute Gasteiger partial charge is 0.251 e. The lowest BCUT2D eigenvalue weighted by molar-refractivity contribution is 0.0951. The van der Waals surface area contributed by atoms with E-state index in [4.69, 9.17) is 11.6 Å². The van der Waals surface area contributed by atoms with Crippen LogP contribution in [0.3, 0.4) is 0 Å². The molecule has 1 aromatic rings. The second kappa shape index (κ2) is 4.31. The standard InChI is InChI=1S/C11H12ClNO3S/c1-17(15,16)10-6-7(2-5-9(10)12)11(14)13-8-3-4-8/h2,5-6,8H,3-4H2,1H3,(H,13,14). The summed E-state index contributed by atoms with van der Waals surface area (Å²) in [6.45, 7) is 0. The summed E-state index contributed by atoms with van der Waals surface area (Å²) in [6, 6.07) is 4.50. The maximum atomic E-state index is 11.7. The Morgan fingerprint density at radius 2 is 2.06 bits per heavy atom. The first kappa shape index (κ1) is 12.4. The van der Waals surface area contributed by atoms with Crippen LogP contribution in [0.2, 0.25) is 5.02 Å². The number of sulfone groups is 1. The van der Waals surface area contributed by atoms with Crippen molar-refractivity contribution in [1.82, 2.24) is 5.32 Å². The first-order valence-electron chi connectivity index (χ1n) is 5.18. The molecule has 1 N–H and O–H groups in total. The lowest BCUT2D eigenvalue weighted by atomic mass is 10.2. The lowest BCUT2D eigenvalue weighted by Gasteiger charge is -2.06. The van der Waals surface area contributed by atoms with Gasteiger partial charge in [0.2, 0.25) is 0 Å². The van der Waals surface area contributed by atoms with Gasteiger partial charge in [0.25, 0.3) is 5.91 Å². The van der Waals surface area contributed by atoms with Crippen molar-refractivity contribution in [3.8, 4) is 0 Å². The number of halogens is 1. The molecule has 0 bridgehead atoms. The number of amides is 1. The maximum absolute atomic E-state index is 11.7. The highest BCUT2D eigenvalue weighted by Crippen LogP contribution is 2.24. The molecule has 0 heterocycles. The minimum Gasteiger partial charge on any atom is -0.349 e. The van der Waals surface area contributed by atoms with Gasteiger partial charge in [-0.05, 0) is 31.0 Å². The number of rotatable bonds is 3. The number of carbonyl (C=O) groups excluding carboxylic acids is 1. The van der Waals surface area contributed by atoms with E-state index in [0.29, 0.717) is 5.56 Å². The van der Waals surface area contributed by atoms with E-state index in [-0.39, 0.29) is 21.9 Å². The molecule has 0 saturated heterocycles. The van der Waals surface area contributed by atoms with Crippen molar-refractivity contribution >= 4 is 27.3 Å². The van der Waals surface area contributed by atoms with Gasteiger partial charge in [0.15, 0.2) is 9.84 Å². The van der Waals surface area contributed by atoms with Gasteiger partial charge in [0.05, 0.1) is 9.92 Å². The third kappa shape index (κ3) is 2.98. The van der Waals surface area contributed by atoms with Gasteiger partial charge < -0.3 is 5.32 Å². The Labute approximate surface area is 105 Å². The van der Waals surface area contributed by atoms with Crippen LogP contribution < -0.4 is 5.32 Å². The van der Waals surface area contributed by atoms with Crippen molar-refractivity contribution in [2.45, 2.75) is 23.8 Å². The van der Waals surface area contributed by atoms with Crippen LogP contribution in [-0.2, 0) is 9.84 Å². The predicted molar refractivity (Wildman–Crippen MR) is 65.1 cm³/mol. The van der Waals surface area contributed by atoms with Gasteiger partial charge in [-0.2, -0.15) is 0 Å². The molecule has 92 valence electrons. The average molecular weight is 274 g/mol. The van der Waals surface area contributed by atoms with Crippen LogP contribution >= 0.6 is 11.6 Å². The normalized spacial score (nSPS) is 15.6. The number of nitrogens with one attached hydrogen (secondary N) is 1. The summed E-state index contributed by atoms with van der Waals surface area (Å²) in [5, 5.41) is 2.93. The fraction of sp³-hybridized carbons (Fsp3) is 0.364. The Morgan fingerprint density at radius 1 is 1.41 bits per heavy atom. The number of hydrogen-bond donors (Lipinski definition) is 1. The van der Waals surface area contributed by atoms with Gasteiger partial charge in [-0.15, -0.1) is 0 Å². The van der Waals surface area contributed by atoms with Crippen molar-refractivity contribution in [1.29, 1.82) is 0 Å². The molecule has 17 heavy (non-hydrogen) atoms. The monoisotopic (exact) mass is 273 g/mol. The molecule has 1 amide bonds. The van der Waals surface area contributed by atoms with Crippen molar-refractivity contribution in [3.05, 3.63) is 28.8 Å². The Hall–Kier alpha value is -1.07. The molecule has 0 unspecified atom stereocenters. The average Bonchev–Trinajstić information content (AvgIpc) is 3.00. The molecule has 0 spiro atoms. The zero-order chi connectivity index (χ0) is 12.6. The number of carbonyl (C=O) groups is 1. The molecule has 6 heteroatoms. The van der Waals surface area contributed by atoms with Gasteiger partial charge in [0.1, 0.15) is 0 Å². The summed E-state index contributed by atoms with van der Waals surface area (Å²) in [4.78, 5) is 11.7. The first-order chi connectivity index (χ1) is 7.88. The topological polar surface area (TPSA) is 63.2 Å². The van der Waals surface area contributed by atoms with E-state index < -0.39 is 9.84 Å². The molecule has 1 fully saturated rings. The minimum atomic E-state index is -3.41. The Bertz CT molecular complexity index is 564. The van der Waals surface area contributed by atoms with E-state index in [1.54, 1.807) is 0 Å². The van der Waals surface area contributed by atoms with Gasteiger partial charge in [-0.3, -0.25) is 4.79 Å². The fourth-order valence-corrected chi connectivity index (χ4v) is 2.73. The summed E-state index contributed by atoms with van der Waals surface area (Å²) < 4.78 is 22.9. The molecule has 1 saturated carbocycles. The molecular weight excluding hydrogens is 262 g/mol. The molecule has 1 aromatic carbocycles. The largest absolute Gasteiger partial charge is 0.349 e. The second-order valence-corrected chi connectivity index (χ2v) is 6.56. The molecule has 1 aliphatic carbocycles. The highest BCUT2D eigenvalue weighted by Gasteiger charge is 2.24. The first-order valence-corrected chi connectivity index (χ1v) is 7.45. The van der Waals surface area contributed by atoms with E-state index in [2.05, 4.69) is 5.32 Å². The Kier molecular flexibility index (Phi) is 3.14. The molecule has 0 aromatic heterocycles. The van der Waals surface area contributed by atoms with Crippen molar-refractivity contribution in [2.24, 2.45) is 0 Å². The van der Waals surface area contributed by atoms with Gasteiger partial charge in [-0.25, -0.2) is 8.42 Å². The number of hydrogen-bond acceptors (Lipinski definition) is 3. The van der Waals surface area contributed by atoms with E-state index in [0.717, 1.165) is 19.1 Å². The Morgan fingerprint density at radius 3 is 2.59 bits per heavy atom. The highest BCUT2D eigenvalue weighted by molar-refractivity contribution is 7.90. The van der Waals surface area contributed by atoms with Crippen molar-refractivity contribution in [3.63, 3.8) is 0 Å². The fourth-order valence-electron chi connectivity index (χ4n) is 1.43. The van der Waals surface area contributed by atoms with Crippen LogP contribution in [0.1, 0.15) is 23.2 Å². The molecule has 0 radical (unpaired) electrons. The van der Waals surface area contributed by atoms with Crippen molar-refractivity contribution in [2.75, 3.05) is 6.26 Å². The van der Waals surface area contributed by atoms with Gasteiger partial charge in [-0.1, -0.05) is 11.6 Å². The van der Waals surface area contributed by atoms with Gasteiger partial charge >= 0.3 is 0 Å². The molecular formula is C11H12ClNO3S. The molecule has 2 rings (SSSR count). The zero-order valence-electron chi connectivity index (χ0n) is 9.23. The van der Waals surface area contributed by atoms with E-state index in [1.165, 1.54) is 18.2 Å². The summed E-state index contributed by atoms with van der Waals surface area (Å²) in [6.07, 6.45) is 3.04. The summed E-state index contributed by atoms with van der Waals surface area (Å²) in [5.74, 6) is -0.255. The highest BCUT2D eigenvalue weighted by atomic mass is 35.5. The summed E-state index contributed by atoms with van der Waals surface area (Å²) in [7, 11) is -3.41. The van der Waals surface area contributed by atoms with Crippen LogP contribution in [-0.4, -0.2) is 26.6 Å². The summed E-state index contributed by atoms with van der Waals surface area (Å²) >= 11 is 5.79. The molecule has 0 aliphatic heterocycles. The van der Waals surface area contributed by atoms with Gasteiger partial charge in [0, 0.05) is 17.9 Å². The maximum Gasteiger partial charge on any atom is 0.251 e. The predicted octanol–water partition coefficient (Wildman–Crippen LogP) is 1.64. The third-order valence-electron chi connectivity index (χ3n) is 2.51. The van der Waals surface area contributed by atoms with Crippen molar-refractivity contribution < 1.29 is 13.2 Å². The van der Waals surface area contributed by atoms with Crippen LogP contribution in [0.25, 0.3) is 0 Å². The molecule has 4 nitrogen and oxygen atoms in total. The van der Waals surface area contributed by atoms with Crippen LogP contribution in [0.4, 0.5) is 0 Å². The zero-order valence-corrected chi connectivity index (χ0v) is 10.8. The third-order valence-corrected chi connectivity index (χ3v) is 4.08. The van der Waals surface area contributed by atoms with Crippen LogP contribution in [0.5, 0.6) is 0 Å². The molecule has 0 atom stereocenters. The van der Waals surface area contributed by atoms with E-state index in [1.807, 2.05) is 0 Å². The van der Waals surface area contributed by atoms with Crippen LogP contribution in [0, 0.1) is 0 Å². The number of benzene rings is 1. The quantitative estimate of drug-likeness (QED) is 0.911. The second-order valence-electron chi connectivity index (χ2n) is 4.17. The van der Waals surface area contributed by atoms with E-state index >= 15 is 0 Å².